The number of nitrogen functional groups attached to an aromatic ring is 1. The van der Waals surface area contributed by atoms with Crippen LogP contribution in [0.25, 0.3) is 17.0 Å². The Morgan fingerprint density at radius 2 is 1.94 bits per heavy atom. The van der Waals surface area contributed by atoms with Gasteiger partial charge in [0.25, 0.3) is 5.91 Å². The second-order valence-corrected chi connectivity index (χ2v) is 3.95. The number of aromatic amines is 1. The highest BCUT2D eigenvalue weighted by atomic mass is 16.1. The summed E-state index contributed by atoms with van der Waals surface area (Å²) in [6.45, 7) is 3.52. The molecule has 2 rings (SSSR count). The van der Waals surface area contributed by atoms with Crippen LogP contribution in [0.1, 0.15) is 5.56 Å². The summed E-state index contributed by atoms with van der Waals surface area (Å²) in [6.07, 6.45) is 1.55. The predicted molar refractivity (Wildman–Crippen MR) is 73.2 cm³/mol. The number of hydrogen-bond acceptors (Lipinski definition) is 3. The van der Waals surface area contributed by atoms with E-state index in [1.165, 1.54) is 0 Å². The molecule has 5 heteroatoms. The zero-order valence-corrected chi connectivity index (χ0v) is 9.73. The van der Waals surface area contributed by atoms with E-state index in [-0.39, 0.29) is 11.3 Å². The number of H-pyrrole nitrogens is 1. The van der Waals surface area contributed by atoms with Crippen molar-refractivity contribution in [2.75, 3.05) is 5.73 Å². The van der Waals surface area contributed by atoms with Gasteiger partial charge in [-0.3, -0.25) is 4.79 Å². The van der Waals surface area contributed by atoms with E-state index < -0.39 is 5.91 Å². The Balaban J connectivity index is 2.67. The number of aromatic nitrogens is 1. The van der Waals surface area contributed by atoms with Gasteiger partial charge in [-0.15, -0.1) is 0 Å². The molecule has 18 heavy (non-hydrogen) atoms. The summed E-state index contributed by atoms with van der Waals surface area (Å²) in [6, 6.07) is 7.56. The Morgan fingerprint density at radius 1 is 1.28 bits per heavy atom. The lowest BCUT2D eigenvalue weighted by Gasteiger charge is -2.02. The molecule has 0 saturated carbocycles. The van der Waals surface area contributed by atoms with Crippen LogP contribution < -0.4 is 17.2 Å². The molecule has 0 atom stereocenters. The summed E-state index contributed by atoms with van der Waals surface area (Å²) >= 11 is 0. The lowest BCUT2D eigenvalue weighted by Crippen LogP contribution is -2.18. The van der Waals surface area contributed by atoms with Crippen molar-refractivity contribution in [2.45, 2.75) is 0 Å². The third-order valence-corrected chi connectivity index (χ3v) is 2.68. The number of nitrogens with one attached hydrogen (secondary N) is 1. The number of anilines is 1. The van der Waals surface area contributed by atoms with Gasteiger partial charge < -0.3 is 22.2 Å². The molecule has 1 amide bonds. The third kappa shape index (κ3) is 1.93. The van der Waals surface area contributed by atoms with Gasteiger partial charge in [0.05, 0.1) is 5.57 Å². The van der Waals surface area contributed by atoms with Crippen LogP contribution in [-0.2, 0) is 4.79 Å². The van der Waals surface area contributed by atoms with Crippen molar-refractivity contribution >= 4 is 28.7 Å². The van der Waals surface area contributed by atoms with Crippen LogP contribution in [0.4, 0.5) is 5.82 Å². The molecule has 0 spiro atoms. The molecular formula is C13H14N4O. The zero-order valence-electron chi connectivity index (χ0n) is 9.73. The molecule has 0 aliphatic rings. The smallest absolute Gasteiger partial charge is 0.250 e. The Kier molecular flexibility index (Phi) is 2.81. The second-order valence-electron chi connectivity index (χ2n) is 3.95. The van der Waals surface area contributed by atoms with Gasteiger partial charge in [0.2, 0.25) is 0 Å². The van der Waals surface area contributed by atoms with Crippen LogP contribution in [-0.4, -0.2) is 10.9 Å². The van der Waals surface area contributed by atoms with Crippen molar-refractivity contribution in [1.29, 1.82) is 0 Å². The number of carbonyl (C=O) groups is 1. The molecule has 0 radical (unpaired) electrons. The van der Waals surface area contributed by atoms with Crippen molar-refractivity contribution < 1.29 is 4.79 Å². The van der Waals surface area contributed by atoms with E-state index >= 15 is 0 Å². The van der Waals surface area contributed by atoms with Gasteiger partial charge in [0.15, 0.2) is 0 Å². The standard InChI is InChI=1S/C13H14N4O/c1-7(14)9(13(16)18)6-10-8-4-2-3-5-11(8)17-12(10)15/h2-6,17H,1,14-15H2,(H2,16,18)/b9-6+. The fourth-order valence-corrected chi connectivity index (χ4v) is 1.81. The summed E-state index contributed by atoms with van der Waals surface area (Å²) in [7, 11) is 0. The van der Waals surface area contributed by atoms with Gasteiger partial charge in [-0.25, -0.2) is 0 Å². The molecule has 7 N–H and O–H groups in total. The van der Waals surface area contributed by atoms with Crippen molar-refractivity contribution in [3.63, 3.8) is 0 Å². The Morgan fingerprint density at radius 3 is 2.56 bits per heavy atom. The van der Waals surface area contributed by atoms with Crippen LogP contribution in [0.5, 0.6) is 0 Å². The first kappa shape index (κ1) is 11.8. The first-order chi connectivity index (χ1) is 8.50. The lowest BCUT2D eigenvalue weighted by molar-refractivity contribution is -0.114. The van der Waals surface area contributed by atoms with Crippen molar-refractivity contribution in [1.82, 2.24) is 4.98 Å². The van der Waals surface area contributed by atoms with Crippen LogP contribution >= 0.6 is 0 Å². The molecular weight excluding hydrogens is 228 g/mol. The van der Waals surface area contributed by atoms with Gasteiger partial charge >= 0.3 is 0 Å². The average molecular weight is 242 g/mol. The van der Waals surface area contributed by atoms with E-state index in [0.717, 1.165) is 10.9 Å². The Labute approximate surface area is 104 Å². The highest BCUT2D eigenvalue weighted by Crippen LogP contribution is 2.26. The van der Waals surface area contributed by atoms with Crippen LogP contribution in [0, 0.1) is 0 Å². The molecule has 0 aliphatic carbocycles. The lowest BCUT2D eigenvalue weighted by atomic mass is 10.1. The fraction of sp³-hybridized carbons (Fsp3) is 0. The number of rotatable bonds is 3. The minimum absolute atomic E-state index is 0.118. The predicted octanol–water partition coefficient (Wildman–Crippen LogP) is 1.09. The number of carbonyl (C=O) groups excluding carboxylic acids is 1. The molecule has 0 fully saturated rings. The van der Waals surface area contributed by atoms with Crippen molar-refractivity contribution in [3.8, 4) is 0 Å². The highest BCUT2D eigenvalue weighted by Gasteiger charge is 2.11. The zero-order chi connectivity index (χ0) is 13.3. The van der Waals surface area contributed by atoms with E-state index in [1.807, 2.05) is 24.3 Å². The minimum atomic E-state index is -0.632. The highest BCUT2D eigenvalue weighted by molar-refractivity contribution is 6.04. The maximum absolute atomic E-state index is 11.3. The summed E-state index contributed by atoms with van der Waals surface area (Å²) in [5.41, 5.74) is 18.5. The van der Waals surface area contributed by atoms with Crippen molar-refractivity contribution in [3.05, 3.63) is 47.7 Å². The topological polar surface area (TPSA) is 111 Å². The number of primary amides is 1. The molecule has 1 aromatic heterocycles. The number of para-hydroxylation sites is 1. The normalized spacial score (nSPS) is 11.7. The van der Waals surface area contributed by atoms with Crippen LogP contribution in [0.15, 0.2) is 42.1 Å². The quantitative estimate of drug-likeness (QED) is 0.477. The first-order valence-electron chi connectivity index (χ1n) is 5.33. The van der Waals surface area contributed by atoms with E-state index in [0.29, 0.717) is 11.4 Å². The van der Waals surface area contributed by atoms with Crippen LogP contribution in [0.3, 0.4) is 0 Å². The number of amides is 1. The summed E-state index contributed by atoms with van der Waals surface area (Å²) in [5.74, 6) is -0.177. The Hall–Kier alpha value is -2.69. The summed E-state index contributed by atoms with van der Waals surface area (Å²) in [5, 5.41) is 0.898. The third-order valence-electron chi connectivity index (χ3n) is 2.68. The molecule has 1 aromatic carbocycles. The molecule has 2 aromatic rings. The first-order valence-corrected chi connectivity index (χ1v) is 5.33. The summed E-state index contributed by atoms with van der Waals surface area (Å²) < 4.78 is 0. The number of fused-ring (bicyclic) bond motifs is 1. The van der Waals surface area contributed by atoms with E-state index in [2.05, 4.69) is 11.6 Å². The maximum atomic E-state index is 11.3. The summed E-state index contributed by atoms with van der Waals surface area (Å²) in [4.78, 5) is 14.3. The fourth-order valence-electron chi connectivity index (χ4n) is 1.81. The second kappa shape index (κ2) is 4.29. The molecule has 0 saturated heterocycles. The number of hydrogen-bond donors (Lipinski definition) is 4. The number of benzene rings is 1. The van der Waals surface area contributed by atoms with Gasteiger partial charge in [-0.1, -0.05) is 24.8 Å². The van der Waals surface area contributed by atoms with E-state index in [9.17, 15) is 4.79 Å². The van der Waals surface area contributed by atoms with Gasteiger partial charge in [-0.05, 0) is 12.1 Å². The van der Waals surface area contributed by atoms with Crippen molar-refractivity contribution in [2.24, 2.45) is 11.5 Å². The van der Waals surface area contributed by atoms with Gasteiger partial charge in [0, 0.05) is 22.2 Å². The van der Waals surface area contributed by atoms with Crippen LogP contribution in [0.2, 0.25) is 0 Å². The molecule has 0 unspecified atom stereocenters. The maximum Gasteiger partial charge on any atom is 0.250 e. The molecule has 0 bridgehead atoms. The molecule has 92 valence electrons. The molecule has 5 nitrogen and oxygen atoms in total. The van der Waals surface area contributed by atoms with E-state index in [1.54, 1.807) is 6.08 Å². The van der Waals surface area contributed by atoms with E-state index in [4.69, 9.17) is 17.2 Å². The molecule has 0 aliphatic heterocycles. The largest absolute Gasteiger partial charge is 0.399 e. The van der Waals surface area contributed by atoms with Gasteiger partial charge in [0.1, 0.15) is 5.82 Å². The minimum Gasteiger partial charge on any atom is -0.399 e. The average Bonchev–Trinajstić information content (AvgIpc) is 2.61. The monoisotopic (exact) mass is 242 g/mol. The number of nitrogens with two attached hydrogens (primary N) is 3. The van der Waals surface area contributed by atoms with Gasteiger partial charge in [-0.2, -0.15) is 0 Å². The molecule has 1 heterocycles. The Bertz CT molecular complexity index is 651. The SMILES string of the molecule is C=C(N)/C(=C\c1c(N)[nH]c2ccccc12)C(N)=O.